The van der Waals surface area contributed by atoms with Crippen LogP contribution in [0.1, 0.15) is 11.4 Å². The standard InChI is InChI=1S/C12H14N4O/c13-9-11-4-5-12(16-15-11)17-8-6-10-3-1-2-7-14-10/h1-5,7H,6,8-9,13H2. The van der Waals surface area contributed by atoms with E-state index >= 15 is 0 Å². The Kier molecular flexibility index (Phi) is 3.99. The van der Waals surface area contributed by atoms with E-state index in [4.69, 9.17) is 10.5 Å². The second-order valence-electron chi connectivity index (χ2n) is 3.49. The Balaban J connectivity index is 1.82. The summed E-state index contributed by atoms with van der Waals surface area (Å²) in [4.78, 5) is 4.20. The quantitative estimate of drug-likeness (QED) is 0.827. The molecule has 0 radical (unpaired) electrons. The molecule has 5 heteroatoms. The van der Waals surface area contributed by atoms with Crippen LogP contribution in [0.25, 0.3) is 0 Å². The van der Waals surface area contributed by atoms with Gasteiger partial charge in [0.15, 0.2) is 0 Å². The average molecular weight is 230 g/mol. The highest BCUT2D eigenvalue weighted by Gasteiger charge is 1.98. The van der Waals surface area contributed by atoms with Gasteiger partial charge in [-0.05, 0) is 18.2 Å². The Labute approximate surface area is 99.7 Å². The van der Waals surface area contributed by atoms with Crippen molar-refractivity contribution in [1.29, 1.82) is 0 Å². The Hall–Kier alpha value is -2.01. The molecule has 0 aliphatic rings. The fourth-order valence-corrected chi connectivity index (χ4v) is 1.34. The van der Waals surface area contributed by atoms with Gasteiger partial charge in [0.25, 0.3) is 0 Å². The Morgan fingerprint density at radius 3 is 2.65 bits per heavy atom. The van der Waals surface area contributed by atoms with Crippen LogP contribution in [0.4, 0.5) is 0 Å². The second kappa shape index (κ2) is 5.91. The molecule has 0 aromatic carbocycles. The number of hydrogen-bond donors (Lipinski definition) is 1. The highest BCUT2D eigenvalue weighted by atomic mass is 16.5. The molecule has 2 heterocycles. The van der Waals surface area contributed by atoms with Gasteiger partial charge in [0.2, 0.25) is 5.88 Å². The lowest BCUT2D eigenvalue weighted by molar-refractivity contribution is 0.304. The van der Waals surface area contributed by atoms with Crippen LogP contribution in [0.2, 0.25) is 0 Å². The van der Waals surface area contributed by atoms with E-state index in [1.54, 1.807) is 12.3 Å². The molecule has 0 saturated carbocycles. The van der Waals surface area contributed by atoms with Gasteiger partial charge in [0.05, 0.1) is 12.3 Å². The van der Waals surface area contributed by atoms with Crippen LogP contribution in [0.15, 0.2) is 36.5 Å². The van der Waals surface area contributed by atoms with Gasteiger partial charge in [-0.3, -0.25) is 4.98 Å². The molecule has 0 amide bonds. The largest absolute Gasteiger partial charge is 0.476 e. The van der Waals surface area contributed by atoms with Crippen LogP contribution < -0.4 is 10.5 Å². The molecule has 2 aromatic rings. The summed E-state index contributed by atoms with van der Waals surface area (Å²) in [5.74, 6) is 0.512. The topological polar surface area (TPSA) is 73.9 Å². The molecule has 0 fully saturated rings. The lowest BCUT2D eigenvalue weighted by atomic mass is 10.3. The van der Waals surface area contributed by atoms with Crippen molar-refractivity contribution in [2.45, 2.75) is 13.0 Å². The summed E-state index contributed by atoms with van der Waals surface area (Å²) in [6.07, 6.45) is 2.52. The van der Waals surface area contributed by atoms with Gasteiger partial charge in [-0.15, -0.1) is 5.10 Å². The Morgan fingerprint density at radius 1 is 1.06 bits per heavy atom. The molecule has 0 aliphatic heterocycles. The van der Waals surface area contributed by atoms with Gasteiger partial charge < -0.3 is 10.5 Å². The van der Waals surface area contributed by atoms with Gasteiger partial charge in [-0.25, -0.2) is 0 Å². The van der Waals surface area contributed by atoms with Crippen molar-refractivity contribution in [2.75, 3.05) is 6.61 Å². The van der Waals surface area contributed by atoms with E-state index in [0.717, 1.165) is 17.8 Å². The zero-order chi connectivity index (χ0) is 11.9. The van der Waals surface area contributed by atoms with E-state index in [0.29, 0.717) is 19.0 Å². The molecule has 0 saturated heterocycles. The lowest BCUT2D eigenvalue weighted by Gasteiger charge is -2.04. The first-order valence-electron chi connectivity index (χ1n) is 5.44. The van der Waals surface area contributed by atoms with E-state index in [-0.39, 0.29) is 0 Å². The average Bonchev–Trinajstić information content (AvgIpc) is 2.41. The van der Waals surface area contributed by atoms with Crippen LogP contribution in [-0.4, -0.2) is 21.8 Å². The monoisotopic (exact) mass is 230 g/mol. The summed E-state index contributed by atoms with van der Waals surface area (Å²) >= 11 is 0. The summed E-state index contributed by atoms with van der Waals surface area (Å²) in [6, 6.07) is 9.39. The van der Waals surface area contributed by atoms with Crippen molar-refractivity contribution in [3.05, 3.63) is 47.9 Å². The van der Waals surface area contributed by atoms with Gasteiger partial charge >= 0.3 is 0 Å². The number of ether oxygens (including phenoxy) is 1. The highest BCUT2D eigenvalue weighted by molar-refractivity contribution is 5.11. The molecular formula is C12H14N4O. The maximum atomic E-state index is 5.45. The third-order valence-electron chi connectivity index (χ3n) is 2.24. The van der Waals surface area contributed by atoms with Crippen molar-refractivity contribution in [1.82, 2.24) is 15.2 Å². The molecule has 2 aromatic heterocycles. The third-order valence-corrected chi connectivity index (χ3v) is 2.24. The van der Waals surface area contributed by atoms with Gasteiger partial charge in [0.1, 0.15) is 0 Å². The fourth-order valence-electron chi connectivity index (χ4n) is 1.34. The maximum absolute atomic E-state index is 5.45. The minimum absolute atomic E-state index is 0.390. The Bertz CT molecular complexity index is 444. The van der Waals surface area contributed by atoms with Crippen molar-refractivity contribution in [3.8, 4) is 5.88 Å². The molecule has 0 aliphatic carbocycles. The van der Waals surface area contributed by atoms with Crippen molar-refractivity contribution < 1.29 is 4.74 Å². The van der Waals surface area contributed by atoms with Crippen LogP contribution >= 0.6 is 0 Å². The maximum Gasteiger partial charge on any atom is 0.233 e. The smallest absolute Gasteiger partial charge is 0.233 e. The van der Waals surface area contributed by atoms with Gasteiger partial charge in [-0.2, -0.15) is 5.10 Å². The van der Waals surface area contributed by atoms with E-state index in [1.807, 2.05) is 24.3 Å². The Morgan fingerprint density at radius 2 is 2.00 bits per heavy atom. The number of pyridine rings is 1. The molecule has 0 spiro atoms. The first-order valence-corrected chi connectivity index (χ1v) is 5.44. The molecule has 0 unspecified atom stereocenters. The van der Waals surface area contributed by atoms with Crippen molar-refractivity contribution in [2.24, 2.45) is 5.73 Å². The molecule has 2 rings (SSSR count). The molecular weight excluding hydrogens is 216 g/mol. The third kappa shape index (κ3) is 3.49. The van der Waals surface area contributed by atoms with E-state index in [9.17, 15) is 0 Å². The second-order valence-corrected chi connectivity index (χ2v) is 3.49. The zero-order valence-corrected chi connectivity index (χ0v) is 9.41. The summed E-state index contributed by atoms with van der Waals surface area (Å²) in [6.45, 7) is 0.925. The SMILES string of the molecule is NCc1ccc(OCCc2ccccn2)nn1. The molecule has 88 valence electrons. The van der Waals surface area contributed by atoms with Crippen molar-refractivity contribution >= 4 is 0 Å². The fraction of sp³-hybridized carbons (Fsp3) is 0.250. The number of aromatic nitrogens is 3. The first kappa shape index (κ1) is 11.5. The lowest BCUT2D eigenvalue weighted by Crippen LogP contribution is -2.06. The predicted octanol–water partition coefficient (Wildman–Crippen LogP) is 0.952. The number of nitrogens with zero attached hydrogens (tertiary/aromatic N) is 3. The van der Waals surface area contributed by atoms with Crippen LogP contribution in [0.5, 0.6) is 5.88 Å². The van der Waals surface area contributed by atoms with Crippen LogP contribution in [0, 0.1) is 0 Å². The molecule has 0 atom stereocenters. The zero-order valence-electron chi connectivity index (χ0n) is 9.41. The summed E-state index contributed by atoms with van der Waals surface area (Å²) in [7, 11) is 0. The number of rotatable bonds is 5. The van der Waals surface area contributed by atoms with E-state index in [2.05, 4.69) is 15.2 Å². The molecule has 0 bridgehead atoms. The molecule has 17 heavy (non-hydrogen) atoms. The van der Waals surface area contributed by atoms with Gasteiger partial charge in [-0.1, -0.05) is 6.07 Å². The summed E-state index contributed by atoms with van der Waals surface area (Å²) in [5.41, 5.74) is 7.18. The van der Waals surface area contributed by atoms with E-state index < -0.39 is 0 Å². The number of nitrogens with two attached hydrogens (primary N) is 1. The summed E-state index contributed by atoms with van der Waals surface area (Å²) in [5, 5.41) is 7.82. The first-order chi connectivity index (χ1) is 8.38. The normalized spacial score (nSPS) is 10.2. The van der Waals surface area contributed by atoms with Crippen LogP contribution in [0.3, 0.4) is 0 Å². The minimum atomic E-state index is 0.390. The molecule has 5 nitrogen and oxygen atoms in total. The summed E-state index contributed by atoms with van der Waals surface area (Å²) < 4.78 is 5.45. The van der Waals surface area contributed by atoms with Crippen LogP contribution in [-0.2, 0) is 13.0 Å². The minimum Gasteiger partial charge on any atom is -0.476 e. The predicted molar refractivity (Wildman–Crippen MR) is 63.4 cm³/mol. The number of hydrogen-bond acceptors (Lipinski definition) is 5. The van der Waals surface area contributed by atoms with E-state index in [1.165, 1.54) is 0 Å². The highest BCUT2D eigenvalue weighted by Crippen LogP contribution is 2.05. The van der Waals surface area contributed by atoms with Gasteiger partial charge in [0, 0.05) is 30.9 Å². The van der Waals surface area contributed by atoms with Crippen molar-refractivity contribution in [3.63, 3.8) is 0 Å². The molecule has 2 N–H and O–H groups in total.